The number of ether oxygens (including phenoxy) is 4. The molecule has 1 rings (SSSR count). The second kappa shape index (κ2) is 6.23. The van der Waals surface area contributed by atoms with Gasteiger partial charge in [0.2, 0.25) is 5.75 Å². The number of hydrogen-bond donors (Lipinski definition) is 0. The van der Waals surface area contributed by atoms with E-state index in [1.165, 1.54) is 0 Å². The van der Waals surface area contributed by atoms with Crippen molar-refractivity contribution in [2.24, 2.45) is 0 Å². The van der Waals surface area contributed by atoms with Crippen LogP contribution in [0.1, 0.15) is 5.56 Å². The summed E-state index contributed by atoms with van der Waals surface area (Å²) in [5.74, 6) is 1.84. The van der Waals surface area contributed by atoms with Crippen LogP contribution in [0.3, 0.4) is 0 Å². The lowest BCUT2D eigenvalue weighted by molar-refractivity contribution is 0.147. The van der Waals surface area contributed by atoms with E-state index >= 15 is 0 Å². The summed E-state index contributed by atoms with van der Waals surface area (Å²) in [6.45, 7) is 4.51. The third-order valence-corrected chi connectivity index (χ3v) is 2.14. The predicted octanol–water partition coefficient (Wildman–Crippen LogP) is 2.06. The Balaban J connectivity index is 3.05. The Labute approximate surface area is 96.1 Å². The van der Waals surface area contributed by atoms with Gasteiger partial charge in [0.15, 0.2) is 11.5 Å². The summed E-state index contributed by atoms with van der Waals surface area (Å²) < 4.78 is 20.9. The zero-order valence-corrected chi connectivity index (χ0v) is 9.91. The molecular formula is C12H17O4. The second-order valence-electron chi connectivity index (χ2n) is 3.09. The smallest absolute Gasteiger partial charge is 0.203 e. The Kier molecular flexibility index (Phi) is 4.92. The van der Waals surface area contributed by atoms with Gasteiger partial charge in [-0.15, -0.1) is 0 Å². The second-order valence-corrected chi connectivity index (χ2v) is 3.09. The fraction of sp³-hybridized carbons (Fsp3) is 0.417. The predicted molar refractivity (Wildman–Crippen MR) is 61.1 cm³/mol. The summed E-state index contributed by atoms with van der Waals surface area (Å²) >= 11 is 0. The molecule has 0 amide bonds. The highest BCUT2D eigenvalue weighted by Crippen LogP contribution is 2.38. The zero-order chi connectivity index (χ0) is 12.0. The minimum absolute atomic E-state index is 0.427. The molecule has 89 valence electrons. The Bertz CT molecular complexity index is 311. The Morgan fingerprint density at radius 1 is 1.00 bits per heavy atom. The number of hydrogen-bond acceptors (Lipinski definition) is 4. The lowest BCUT2D eigenvalue weighted by Crippen LogP contribution is -1.98. The molecule has 0 bridgehead atoms. The van der Waals surface area contributed by atoms with E-state index in [1.807, 2.05) is 12.1 Å². The van der Waals surface area contributed by atoms with Crippen molar-refractivity contribution in [1.29, 1.82) is 0 Å². The molecule has 4 heteroatoms. The molecule has 0 aliphatic rings. The summed E-state index contributed by atoms with van der Waals surface area (Å²) in [7, 11) is 4.75. The van der Waals surface area contributed by atoms with Gasteiger partial charge in [-0.1, -0.05) is 0 Å². The Morgan fingerprint density at radius 2 is 1.56 bits per heavy atom. The molecule has 1 aromatic carbocycles. The number of benzene rings is 1. The van der Waals surface area contributed by atoms with Crippen molar-refractivity contribution in [2.45, 2.75) is 6.61 Å². The maximum absolute atomic E-state index is 5.23. The molecule has 0 N–H and O–H groups in total. The van der Waals surface area contributed by atoms with Crippen LogP contribution in [0, 0.1) is 6.92 Å². The fourth-order valence-electron chi connectivity index (χ4n) is 1.41. The van der Waals surface area contributed by atoms with E-state index in [-0.39, 0.29) is 0 Å². The van der Waals surface area contributed by atoms with Gasteiger partial charge in [0.1, 0.15) is 0 Å². The van der Waals surface area contributed by atoms with Crippen LogP contribution in [0.25, 0.3) is 0 Å². The molecule has 0 aliphatic heterocycles. The summed E-state index contributed by atoms with van der Waals surface area (Å²) in [5, 5.41) is 0. The molecule has 0 aliphatic carbocycles. The molecule has 1 aromatic rings. The SMILES string of the molecule is [CH2]COCc1cc(OC)c(OC)c(OC)c1. The quantitative estimate of drug-likeness (QED) is 0.742. The number of rotatable bonds is 6. The van der Waals surface area contributed by atoms with Gasteiger partial charge >= 0.3 is 0 Å². The van der Waals surface area contributed by atoms with E-state index < -0.39 is 0 Å². The first-order valence-electron chi connectivity index (χ1n) is 4.92. The van der Waals surface area contributed by atoms with E-state index in [9.17, 15) is 0 Å². The van der Waals surface area contributed by atoms with Crippen LogP contribution in [0.5, 0.6) is 17.2 Å². The standard InChI is InChI=1S/C12H17O4/c1-5-16-8-9-6-10(13-2)12(15-4)11(7-9)14-3/h6-7H,1,5,8H2,2-4H3. The average molecular weight is 225 g/mol. The maximum atomic E-state index is 5.23. The topological polar surface area (TPSA) is 36.9 Å². The molecule has 0 unspecified atom stereocenters. The monoisotopic (exact) mass is 225 g/mol. The molecule has 0 spiro atoms. The minimum atomic E-state index is 0.427. The fourth-order valence-corrected chi connectivity index (χ4v) is 1.41. The van der Waals surface area contributed by atoms with Crippen molar-refractivity contribution in [3.8, 4) is 17.2 Å². The van der Waals surface area contributed by atoms with Crippen LogP contribution >= 0.6 is 0 Å². The summed E-state index contributed by atoms with van der Waals surface area (Å²) in [6.07, 6.45) is 0. The third kappa shape index (κ3) is 2.79. The molecule has 0 heterocycles. The van der Waals surface area contributed by atoms with Gasteiger partial charge in [-0.3, -0.25) is 0 Å². The molecule has 1 radical (unpaired) electrons. The first kappa shape index (κ1) is 12.6. The summed E-state index contributed by atoms with van der Waals surface area (Å²) in [4.78, 5) is 0. The summed E-state index contributed by atoms with van der Waals surface area (Å²) in [5.41, 5.74) is 0.957. The number of methoxy groups -OCH3 is 3. The molecule has 0 atom stereocenters. The highest BCUT2D eigenvalue weighted by molar-refractivity contribution is 5.53. The summed E-state index contributed by atoms with van der Waals surface area (Å²) in [6, 6.07) is 3.72. The highest BCUT2D eigenvalue weighted by atomic mass is 16.5. The zero-order valence-electron chi connectivity index (χ0n) is 9.91. The van der Waals surface area contributed by atoms with Crippen LogP contribution in [-0.4, -0.2) is 27.9 Å². The van der Waals surface area contributed by atoms with E-state index in [4.69, 9.17) is 18.9 Å². The largest absolute Gasteiger partial charge is 0.493 e. The average Bonchev–Trinajstić information content (AvgIpc) is 2.34. The molecule has 4 nitrogen and oxygen atoms in total. The molecule has 0 saturated carbocycles. The lowest BCUT2D eigenvalue weighted by atomic mass is 10.2. The van der Waals surface area contributed by atoms with Crippen molar-refractivity contribution in [3.63, 3.8) is 0 Å². The highest BCUT2D eigenvalue weighted by Gasteiger charge is 2.12. The van der Waals surface area contributed by atoms with Gasteiger partial charge < -0.3 is 18.9 Å². The maximum Gasteiger partial charge on any atom is 0.203 e. The van der Waals surface area contributed by atoms with Crippen molar-refractivity contribution >= 4 is 0 Å². The molecule has 0 fully saturated rings. The van der Waals surface area contributed by atoms with Crippen molar-refractivity contribution < 1.29 is 18.9 Å². The van der Waals surface area contributed by atoms with Crippen molar-refractivity contribution in [1.82, 2.24) is 0 Å². The normalized spacial score (nSPS) is 10.0. The van der Waals surface area contributed by atoms with Gasteiger partial charge in [0.25, 0.3) is 0 Å². The van der Waals surface area contributed by atoms with Crippen molar-refractivity contribution in [2.75, 3.05) is 27.9 Å². The van der Waals surface area contributed by atoms with Gasteiger partial charge in [0, 0.05) is 6.61 Å². The van der Waals surface area contributed by atoms with Crippen molar-refractivity contribution in [3.05, 3.63) is 24.6 Å². The van der Waals surface area contributed by atoms with E-state index in [0.717, 1.165) is 5.56 Å². The Hall–Kier alpha value is -1.42. The van der Waals surface area contributed by atoms with E-state index in [1.54, 1.807) is 21.3 Å². The van der Waals surface area contributed by atoms with E-state index in [0.29, 0.717) is 30.5 Å². The molecule has 0 saturated heterocycles. The first-order valence-corrected chi connectivity index (χ1v) is 4.92. The Morgan fingerprint density at radius 3 is 1.94 bits per heavy atom. The molecule has 16 heavy (non-hydrogen) atoms. The molecular weight excluding hydrogens is 208 g/mol. The first-order chi connectivity index (χ1) is 7.76. The lowest BCUT2D eigenvalue weighted by Gasteiger charge is -2.13. The van der Waals surface area contributed by atoms with E-state index in [2.05, 4.69) is 6.92 Å². The van der Waals surface area contributed by atoms with Crippen LogP contribution in [-0.2, 0) is 11.3 Å². The van der Waals surface area contributed by atoms with Crippen LogP contribution in [0.2, 0.25) is 0 Å². The van der Waals surface area contributed by atoms with Gasteiger partial charge in [-0.25, -0.2) is 0 Å². The van der Waals surface area contributed by atoms with Crippen LogP contribution < -0.4 is 14.2 Å². The van der Waals surface area contributed by atoms with Gasteiger partial charge in [-0.2, -0.15) is 0 Å². The van der Waals surface area contributed by atoms with Gasteiger partial charge in [-0.05, 0) is 24.6 Å². The minimum Gasteiger partial charge on any atom is -0.493 e. The van der Waals surface area contributed by atoms with Crippen LogP contribution in [0.15, 0.2) is 12.1 Å². The van der Waals surface area contributed by atoms with Crippen LogP contribution in [0.4, 0.5) is 0 Å². The third-order valence-electron chi connectivity index (χ3n) is 2.14. The molecule has 0 aromatic heterocycles. The van der Waals surface area contributed by atoms with Gasteiger partial charge in [0.05, 0.1) is 27.9 Å².